The average molecular weight is 154 g/mol. The molecule has 8 heavy (non-hydrogen) atoms. The van der Waals surface area contributed by atoms with Crippen LogP contribution in [-0.4, -0.2) is 0 Å². The van der Waals surface area contributed by atoms with Crippen molar-refractivity contribution in [3.63, 3.8) is 0 Å². The summed E-state index contributed by atoms with van der Waals surface area (Å²) in [6.45, 7) is 0. The molecule has 45 valence electrons. The third-order valence-electron chi connectivity index (χ3n) is 0.556. The predicted octanol–water partition coefficient (Wildman–Crippen LogP) is 1.73. The van der Waals surface area contributed by atoms with Gasteiger partial charge in [-0.3, -0.25) is 0 Å². The number of hydrogen-bond acceptors (Lipinski definition) is 1. The van der Waals surface area contributed by atoms with Crippen LogP contribution in [-0.2, 0) is 16.8 Å². The molecule has 1 rings (SSSR count). The molecular formula is C5H5CoNO. The molecule has 1 aromatic carbocycles. The molecule has 0 aromatic heterocycles. The third-order valence-corrected chi connectivity index (χ3v) is 0.556. The van der Waals surface area contributed by atoms with E-state index in [-0.39, 0.29) is 16.8 Å². The molecule has 0 saturated carbocycles. The summed E-state index contributed by atoms with van der Waals surface area (Å²) in [6.07, 6.45) is 0. The van der Waals surface area contributed by atoms with Crippen molar-refractivity contribution < 1.29 is 16.8 Å². The Balaban J connectivity index is 0. The van der Waals surface area contributed by atoms with E-state index in [4.69, 9.17) is 10.5 Å². The van der Waals surface area contributed by atoms with Gasteiger partial charge in [-0.15, -0.1) is 0 Å². The molecule has 1 radical (unpaired) electrons. The smallest absolute Gasteiger partial charge is 0.577 e. The van der Waals surface area contributed by atoms with Crippen LogP contribution in [0.3, 0.4) is 0 Å². The maximum atomic E-state index is 7.25. The number of nitrogens with zero attached hydrogens (tertiary/aromatic N) is 1. The van der Waals surface area contributed by atoms with Gasteiger partial charge in [-0.25, -0.2) is 12.1 Å². The van der Waals surface area contributed by atoms with Crippen molar-refractivity contribution in [2.24, 2.45) is 0 Å². The molecule has 1 aromatic rings. The summed E-state index contributed by atoms with van der Waals surface area (Å²) in [5.74, 6) is 0. The Hall–Kier alpha value is -0.544. The molecule has 0 saturated heterocycles. The molecule has 2 nitrogen and oxygen atoms in total. The van der Waals surface area contributed by atoms with Gasteiger partial charge in [0.05, 0.1) is 0 Å². The van der Waals surface area contributed by atoms with Crippen LogP contribution in [0, 0.1) is 4.91 Å². The van der Waals surface area contributed by atoms with Gasteiger partial charge in [0.15, 0.2) is 0 Å². The second-order valence-corrected chi connectivity index (χ2v) is 0.962. The van der Waals surface area contributed by atoms with Crippen LogP contribution in [0.15, 0.2) is 30.3 Å². The van der Waals surface area contributed by atoms with Gasteiger partial charge in [0.1, 0.15) is 0 Å². The average Bonchev–Trinajstić information content (AvgIpc) is 2.23. The van der Waals surface area contributed by atoms with Gasteiger partial charge in [0.2, 0.25) is 0 Å². The van der Waals surface area contributed by atoms with Crippen molar-refractivity contribution in [1.82, 2.24) is 0 Å². The van der Waals surface area contributed by atoms with Crippen LogP contribution in [0.2, 0.25) is 0 Å². The van der Waals surface area contributed by atoms with E-state index in [1.54, 1.807) is 0 Å². The molecule has 0 unspecified atom stereocenters. The fourth-order valence-electron chi connectivity index (χ4n) is 0.321. The van der Waals surface area contributed by atoms with Crippen LogP contribution >= 0.6 is 0 Å². The van der Waals surface area contributed by atoms with Crippen molar-refractivity contribution in [2.45, 2.75) is 0 Å². The molecule has 0 atom stereocenters. The zero-order valence-corrected chi connectivity index (χ0v) is 5.12. The van der Waals surface area contributed by atoms with E-state index in [0.717, 1.165) is 0 Å². The number of nitroso groups, excluding NO2 is 1. The van der Waals surface area contributed by atoms with E-state index in [0.29, 0.717) is 0 Å². The molecule has 0 bridgehead atoms. The van der Waals surface area contributed by atoms with Gasteiger partial charge in [-0.2, -0.15) is 18.2 Å². The quantitative estimate of drug-likeness (QED) is 0.524. The van der Waals surface area contributed by atoms with Gasteiger partial charge in [0, 0.05) is 0 Å². The molecule has 0 N–H and O–H groups in total. The van der Waals surface area contributed by atoms with Gasteiger partial charge in [-0.1, -0.05) is 0 Å². The van der Waals surface area contributed by atoms with Crippen molar-refractivity contribution >= 4 is 0 Å². The summed E-state index contributed by atoms with van der Waals surface area (Å²) in [6, 6.07) is 10.0. The van der Waals surface area contributed by atoms with Crippen LogP contribution in [0.5, 0.6) is 0 Å². The minimum absolute atomic E-state index is 0. The summed E-state index contributed by atoms with van der Waals surface area (Å²) in [7, 11) is 0. The SMILES string of the molecule is [Co+2].[N-]=O.c1cc[cH-]c1. The van der Waals surface area contributed by atoms with Crippen molar-refractivity contribution in [2.75, 3.05) is 0 Å². The summed E-state index contributed by atoms with van der Waals surface area (Å²) in [5.41, 5.74) is 5.75. The maximum Gasteiger partial charge on any atom is 2.00 e. The van der Waals surface area contributed by atoms with E-state index >= 15 is 0 Å². The van der Waals surface area contributed by atoms with Crippen molar-refractivity contribution in [1.29, 1.82) is 0 Å². The summed E-state index contributed by atoms with van der Waals surface area (Å²) < 4.78 is 0. The molecule has 0 amide bonds. The Kier molecular flexibility index (Phi) is 12.6. The normalized spacial score (nSPS) is 5.50. The third kappa shape index (κ3) is 5.46. The number of rotatable bonds is 0. The topological polar surface area (TPSA) is 39.4 Å². The fraction of sp³-hybridized carbons (Fsp3) is 0. The Labute approximate surface area is 58.2 Å². The Morgan fingerprint density at radius 2 is 1.50 bits per heavy atom. The number of hydrogen-bond donors (Lipinski definition) is 0. The first-order valence-electron chi connectivity index (χ1n) is 1.85. The second-order valence-electron chi connectivity index (χ2n) is 0.962. The fourth-order valence-corrected chi connectivity index (χ4v) is 0.321. The van der Waals surface area contributed by atoms with E-state index in [1.165, 1.54) is 0 Å². The monoisotopic (exact) mass is 154 g/mol. The van der Waals surface area contributed by atoms with E-state index in [9.17, 15) is 0 Å². The van der Waals surface area contributed by atoms with Crippen LogP contribution < -0.4 is 0 Å². The van der Waals surface area contributed by atoms with E-state index in [1.807, 2.05) is 30.3 Å². The second kappa shape index (κ2) is 9.68. The van der Waals surface area contributed by atoms with Gasteiger partial charge >= 0.3 is 16.8 Å². The minimum atomic E-state index is 0. The van der Waals surface area contributed by atoms with E-state index in [2.05, 4.69) is 0 Å². The molecule has 3 heteroatoms. The van der Waals surface area contributed by atoms with E-state index < -0.39 is 0 Å². The largest absolute Gasteiger partial charge is 2.00 e. The molecule has 0 aliphatic carbocycles. The van der Waals surface area contributed by atoms with Crippen molar-refractivity contribution in [3.8, 4) is 0 Å². The summed E-state index contributed by atoms with van der Waals surface area (Å²) in [5, 5.41) is 0. The van der Waals surface area contributed by atoms with Crippen molar-refractivity contribution in [3.05, 3.63) is 40.8 Å². The first-order chi connectivity index (χ1) is 3.50. The summed E-state index contributed by atoms with van der Waals surface area (Å²) >= 11 is 0. The Morgan fingerprint density at radius 3 is 1.62 bits per heavy atom. The molecule has 0 aliphatic heterocycles. The van der Waals surface area contributed by atoms with Gasteiger partial charge in [0.25, 0.3) is 0 Å². The molecular weight excluding hydrogens is 149 g/mol. The zero-order chi connectivity index (χ0) is 5.54. The molecule has 0 spiro atoms. The Bertz CT molecular complexity index is 79.3. The zero-order valence-electron chi connectivity index (χ0n) is 4.08. The maximum absolute atomic E-state index is 7.25. The first-order valence-corrected chi connectivity index (χ1v) is 1.85. The summed E-state index contributed by atoms with van der Waals surface area (Å²) in [4.78, 5) is 7.25. The molecule has 0 fully saturated rings. The molecule has 0 aliphatic rings. The standard InChI is InChI=1S/C5H5.Co.NO/c1-2-4-5-3-1;;1-2/h1-5H;;/q-1;+2;-1. The predicted molar refractivity (Wildman–Crippen MR) is 28.8 cm³/mol. The molecule has 0 heterocycles. The van der Waals surface area contributed by atoms with Crippen LogP contribution in [0.25, 0.3) is 5.59 Å². The van der Waals surface area contributed by atoms with Gasteiger partial charge in [-0.05, 0) is 0 Å². The minimum Gasteiger partial charge on any atom is -0.577 e. The van der Waals surface area contributed by atoms with Crippen LogP contribution in [0.4, 0.5) is 0 Å². The Morgan fingerprint density at radius 1 is 1.12 bits per heavy atom. The van der Waals surface area contributed by atoms with Gasteiger partial charge < -0.3 is 10.5 Å². The first kappa shape index (κ1) is 10.4. The van der Waals surface area contributed by atoms with Crippen LogP contribution in [0.1, 0.15) is 0 Å².